The standard InChI is InChI=1S/C21H30N4O/c1-17-6-3-8-20(18(17)2)24-12-14-25(15-13-24)21(26)19-7-4-10-23(16-19)11-5-9-22/h3,6,8,19H,4-5,7,10-16H2,1-2H3. The molecule has 1 amide bonds. The smallest absolute Gasteiger partial charge is 0.227 e. The number of carbonyl (C=O) groups is 1. The van der Waals surface area contributed by atoms with Gasteiger partial charge < -0.3 is 14.7 Å². The molecule has 3 rings (SSSR count). The maximum atomic E-state index is 13.0. The summed E-state index contributed by atoms with van der Waals surface area (Å²) >= 11 is 0. The van der Waals surface area contributed by atoms with Gasteiger partial charge in [-0.2, -0.15) is 5.26 Å². The summed E-state index contributed by atoms with van der Waals surface area (Å²) < 4.78 is 0. The topological polar surface area (TPSA) is 50.6 Å². The summed E-state index contributed by atoms with van der Waals surface area (Å²) in [4.78, 5) is 19.7. The molecular formula is C21H30N4O. The van der Waals surface area contributed by atoms with Crippen LogP contribution in [0.15, 0.2) is 18.2 Å². The minimum Gasteiger partial charge on any atom is -0.368 e. The molecule has 0 aromatic heterocycles. The Bertz CT molecular complexity index is 673. The molecule has 1 aromatic carbocycles. The number of hydrogen-bond donors (Lipinski definition) is 0. The summed E-state index contributed by atoms with van der Waals surface area (Å²) in [6.07, 6.45) is 2.60. The second kappa shape index (κ2) is 8.55. The van der Waals surface area contributed by atoms with Crippen LogP contribution in [0.3, 0.4) is 0 Å². The number of piperazine rings is 1. The summed E-state index contributed by atoms with van der Waals surface area (Å²) in [5.74, 6) is 0.418. The molecule has 2 heterocycles. The van der Waals surface area contributed by atoms with Crippen LogP contribution in [-0.2, 0) is 4.79 Å². The molecule has 2 saturated heterocycles. The molecule has 140 valence electrons. The Hall–Kier alpha value is -2.06. The highest BCUT2D eigenvalue weighted by atomic mass is 16.2. The number of carbonyl (C=O) groups excluding carboxylic acids is 1. The number of nitrogens with zero attached hydrogens (tertiary/aromatic N) is 4. The molecule has 5 nitrogen and oxygen atoms in total. The molecule has 0 spiro atoms. The number of rotatable bonds is 4. The molecule has 2 fully saturated rings. The molecule has 1 unspecified atom stereocenters. The number of aryl methyl sites for hydroxylation is 1. The van der Waals surface area contributed by atoms with E-state index in [0.717, 1.165) is 58.7 Å². The average Bonchev–Trinajstić information content (AvgIpc) is 2.68. The van der Waals surface area contributed by atoms with Crippen LogP contribution in [0.25, 0.3) is 0 Å². The fourth-order valence-corrected chi connectivity index (χ4v) is 4.17. The number of amides is 1. The molecule has 0 aliphatic carbocycles. The van der Waals surface area contributed by atoms with Crippen LogP contribution >= 0.6 is 0 Å². The number of piperidine rings is 1. The van der Waals surface area contributed by atoms with Gasteiger partial charge in [0.2, 0.25) is 5.91 Å². The number of hydrogen-bond acceptors (Lipinski definition) is 4. The van der Waals surface area contributed by atoms with Crippen molar-refractivity contribution in [2.45, 2.75) is 33.1 Å². The Morgan fingerprint density at radius 3 is 2.69 bits per heavy atom. The summed E-state index contributed by atoms with van der Waals surface area (Å²) in [7, 11) is 0. The lowest BCUT2D eigenvalue weighted by Crippen LogP contribution is -2.52. The highest BCUT2D eigenvalue weighted by Crippen LogP contribution is 2.25. The van der Waals surface area contributed by atoms with Crippen LogP contribution in [0.2, 0.25) is 0 Å². The zero-order valence-corrected chi connectivity index (χ0v) is 16.1. The van der Waals surface area contributed by atoms with E-state index in [1.165, 1.54) is 16.8 Å². The predicted molar refractivity (Wildman–Crippen MR) is 104 cm³/mol. The maximum absolute atomic E-state index is 13.0. The van der Waals surface area contributed by atoms with Crippen molar-refractivity contribution in [1.29, 1.82) is 5.26 Å². The molecule has 26 heavy (non-hydrogen) atoms. The Morgan fingerprint density at radius 1 is 1.19 bits per heavy atom. The summed E-state index contributed by atoms with van der Waals surface area (Å²) in [5, 5.41) is 8.77. The van der Waals surface area contributed by atoms with Gasteiger partial charge in [-0.05, 0) is 50.4 Å². The van der Waals surface area contributed by atoms with Gasteiger partial charge in [0.25, 0.3) is 0 Å². The molecule has 0 N–H and O–H groups in total. The second-order valence-electron chi connectivity index (χ2n) is 7.58. The Morgan fingerprint density at radius 2 is 1.96 bits per heavy atom. The molecule has 2 aliphatic rings. The van der Waals surface area contributed by atoms with Gasteiger partial charge in [-0.25, -0.2) is 0 Å². The van der Waals surface area contributed by atoms with Gasteiger partial charge >= 0.3 is 0 Å². The quantitative estimate of drug-likeness (QED) is 0.834. The fourth-order valence-electron chi connectivity index (χ4n) is 4.17. The predicted octanol–water partition coefficient (Wildman–Crippen LogP) is 2.58. The maximum Gasteiger partial charge on any atom is 0.227 e. The first-order chi connectivity index (χ1) is 12.6. The van der Waals surface area contributed by atoms with E-state index in [4.69, 9.17) is 5.26 Å². The minimum absolute atomic E-state index is 0.106. The third kappa shape index (κ3) is 4.19. The summed E-state index contributed by atoms with van der Waals surface area (Å²) in [6, 6.07) is 8.67. The Labute approximate surface area is 157 Å². The van der Waals surface area contributed by atoms with Crippen molar-refractivity contribution in [1.82, 2.24) is 9.80 Å². The van der Waals surface area contributed by atoms with E-state index in [0.29, 0.717) is 12.3 Å². The van der Waals surface area contributed by atoms with Crippen molar-refractivity contribution in [2.75, 3.05) is 50.7 Å². The summed E-state index contributed by atoms with van der Waals surface area (Å²) in [6.45, 7) is 10.4. The molecule has 1 atom stereocenters. The molecule has 0 bridgehead atoms. The van der Waals surface area contributed by atoms with Gasteiger partial charge in [-0.1, -0.05) is 12.1 Å². The van der Waals surface area contributed by atoms with Gasteiger partial charge in [0, 0.05) is 51.4 Å². The molecule has 5 heteroatoms. The molecule has 0 saturated carbocycles. The molecule has 2 aliphatic heterocycles. The molecular weight excluding hydrogens is 324 g/mol. The van der Waals surface area contributed by atoms with Crippen LogP contribution in [0.4, 0.5) is 5.69 Å². The lowest BCUT2D eigenvalue weighted by Gasteiger charge is -2.40. The van der Waals surface area contributed by atoms with E-state index in [2.05, 4.69) is 52.8 Å². The first-order valence-electron chi connectivity index (χ1n) is 9.79. The minimum atomic E-state index is 0.106. The van der Waals surface area contributed by atoms with Crippen molar-refractivity contribution in [3.05, 3.63) is 29.3 Å². The van der Waals surface area contributed by atoms with E-state index >= 15 is 0 Å². The first-order valence-corrected chi connectivity index (χ1v) is 9.79. The van der Waals surface area contributed by atoms with Crippen molar-refractivity contribution in [3.8, 4) is 6.07 Å². The van der Waals surface area contributed by atoms with Crippen LogP contribution in [-0.4, -0.2) is 61.5 Å². The highest BCUT2D eigenvalue weighted by Gasteiger charge is 2.31. The van der Waals surface area contributed by atoms with Gasteiger partial charge in [-0.15, -0.1) is 0 Å². The zero-order valence-electron chi connectivity index (χ0n) is 16.1. The van der Waals surface area contributed by atoms with Gasteiger partial charge in [-0.3, -0.25) is 4.79 Å². The Kier molecular flexibility index (Phi) is 6.16. The van der Waals surface area contributed by atoms with Crippen LogP contribution < -0.4 is 4.90 Å². The number of likely N-dealkylation sites (tertiary alicyclic amines) is 1. The first kappa shape index (κ1) is 18.7. The fraction of sp³-hybridized carbons (Fsp3) is 0.619. The zero-order chi connectivity index (χ0) is 18.5. The van der Waals surface area contributed by atoms with Crippen molar-refractivity contribution >= 4 is 11.6 Å². The number of anilines is 1. The summed E-state index contributed by atoms with van der Waals surface area (Å²) in [5.41, 5.74) is 3.96. The monoisotopic (exact) mass is 354 g/mol. The SMILES string of the molecule is Cc1cccc(N2CCN(C(=O)C3CCCN(CCC#N)C3)CC2)c1C. The van der Waals surface area contributed by atoms with Gasteiger partial charge in [0.15, 0.2) is 0 Å². The van der Waals surface area contributed by atoms with Crippen LogP contribution in [0.5, 0.6) is 0 Å². The molecule has 0 radical (unpaired) electrons. The Balaban J connectivity index is 1.55. The molecule has 1 aromatic rings. The van der Waals surface area contributed by atoms with E-state index in [-0.39, 0.29) is 5.92 Å². The van der Waals surface area contributed by atoms with Crippen LogP contribution in [0, 0.1) is 31.1 Å². The van der Waals surface area contributed by atoms with Crippen LogP contribution in [0.1, 0.15) is 30.4 Å². The highest BCUT2D eigenvalue weighted by molar-refractivity contribution is 5.79. The van der Waals surface area contributed by atoms with E-state index in [1.807, 2.05) is 0 Å². The van der Waals surface area contributed by atoms with E-state index in [1.54, 1.807) is 0 Å². The number of benzene rings is 1. The third-order valence-corrected chi connectivity index (χ3v) is 5.90. The normalized spacial score (nSPS) is 21.5. The van der Waals surface area contributed by atoms with E-state index < -0.39 is 0 Å². The largest absolute Gasteiger partial charge is 0.368 e. The van der Waals surface area contributed by atoms with Crippen molar-refractivity contribution in [3.63, 3.8) is 0 Å². The van der Waals surface area contributed by atoms with Crippen molar-refractivity contribution in [2.24, 2.45) is 5.92 Å². The van der Waals surface area contributed by atoms with Gasteiger partial charge in [0.1, 0.15) is 0 Å². The van der Waals surface area contributed by atoms with Crippen molar-refractivity contribution < 1.29 is 4.79 Å². The second-order valence-corrected chi connectivity index (χ2v) is 7.58. The number of nitriles is 1. The lowest BCUT2D eigenvalue weighted by molar-refractivity contribution is -0.137. The average molecular weight is 354 g/mol. The lowest BCUT2D eigenvalue weighted by atomic mass is 9.96. The van der Waals surface area contributed by atoms with E-state index in [9.17, 15) is 4.79 Å². The third-order valence-electron chi connectivity index (χ3n) is 5.90. The van der Waals surface area contributed by atoms with Gasteiger partial charge in [0.05, 0.1) is 12.0 Å².